The predicted molar refractivity (Wildman–Crippen MR) is 101 cm³/mol. The first-order valence-corrected chi connectivity index (χ1v) is 11.7. The van der Waals surface area contributed by atoms with Gasteiger partial charge in [0.1, 0.15) is 11.5 Å². The van der Waals surface area contributed by atoms with E-state index >= 15 is 0 Å². The molecule has 0 bridgehead atoms. The van der Waals surface area contributed by atoms with E-state index in [0.717, 1.165) is 0 Å². The smallest absolute Gasteiger partial charge is 0.246 e. The highest BCUT2D eigenvalue weighted by Crippen LogP contribution is 2.44. The van der Waals surface area contributed by atoms with Gasteiger partial charge in [-0.2, -0.15) is 0 Å². The van der Waals surface area contributed by atoms with Crippen LogP contribution in [-0.2, 0) is 28.5 Å². The molecule has 0 saturated carbocycles. The zero-order valence-corrected chi connectivity index (χ0v) is 16.4. The summed E-state index contributed by atoms with van der Waals surface area (Å²) in [7, 11) is -8.45. The van der Waals surface area contributed by atoms with Crippen molar-refractivity contribution in [1.29, 1.82) is 0 Å². The number of amides is 1. The van der Waals surface area contributed by atoms with Crippen molar-refractivity contribution in [2.45, 2.75) is 16.9 Å². The van der Waals surface area contributed by atoms with Gasteiger partial charge in [0, 0.05) is 0 Å². The predicted octanol–water partition coefficient (Wildman–Crippen LogP) is 1.76. The van der Waals surface area contributed by atoms with Gasteiger partial charge in [0.15, 0.2) is 19.7 Å². The van der Waals surface area contributed by atoms with Crippen LogP contribution in [0, 0.1) is 0 Å². The Bertz CT molecular complexity index is 1030. The number of para-hydroxylation sites is 1. The van der Waals surface area contributed by atoms with Crippen molar-refractivity contribution in [3.05, 3.63) is 60.2 Å². The third-order valence-electron chi connectivity index (χ3n) is 4.62. The van der Waals surface area contributed by atoms with Gasteiger partial charge in [-0.3, -0.25) is 10.0 Å². The van der Waals surface area contributed by atoms with Crippen molar-refractivity contribution in [3.8, 4) is 11.5 Å². The highest BCUT2D eigenvalue weighted by Gasteiger charge is 2.59. The van der Waals surface area contributed by atoms with E-state index in [2.05, 4.69) is 0 Å². The van der Waals surface area contributed by atoms with E-state index < -0.39 is 36.1 Å². The molecule has 0 spiro atoms. The Morgan fingerprint density at radius 2 is 1.46 bits per heavy atom. The third kappa shape index (κ3) is 3.50. The molecule has 150 valence electrons. The molecule has 1 saturated heterocycles. The lowest BCUT2D eigenvalue weighted by Gasteiger charge is -2.35. The number of sulfone groups is 2. The molecule has 10 heteroatoms. The van der Waals surface area contributed by atoms with Gasteiger partial charge in [-0.1, -0.05) is 30.3 Å². The highest BCUT2D eigenvalue weighted by atomic mass is 32.3. The number of carbonyl (C=O) groups is 1. The molecule has 1 heterocycles. The van der Waals surface area contributed by atoms with Gasteiger partial charge in [0.2, 0.25) is 9.99 Å². The number of nitrogens with one attached hydrogen (secondary N) is 1. The highest BCUT2D eigenvalue weighted by molar-refractivity contribution is 8.10. The molecule has 0 unspecified atom stereocenters. The first-order valence-electron chi connectivity index (χ1n) is 8.43. The van der Waals surface area contributed by atoms with Gasteiger partial charge in [-0.05, 0) is 36.2 Å². The summed E-state index contributed by atoms with van der Waals surface area (Å²) in [6.07, 6.45) is -0.963. The van der Waals surface area contributed by atoms with Gasteiger partial charge >= 0.3 is 0 Å². The van der Waals surface area contributed by atoms with E-state index in [1.54, 1.807) is 24.3 Å². The zero-order chi connectivity index (χ0) is 20.4. The van der Waals surface area contributed by atoms with Crippen LogP contribution in [0.4, 0.5) is 0 Å². The second-order valence-electron chi connectivity index (χ2n) is 6.40. The van der Waals surface area contributed by atoms with Crippen molar-refractivity contribution in [2.24, 2.45) is 0 Å². The molecular formula is C18H19NO7S2. The maximum atomic E-state index is 12.9. The molecule has 0 aromatic heterocycles. The van der Waals surface area contributed by atoms with Crippen LogP contribution in [0.5, 0.6) is 11.5 Å². The fourth-order valence-corrected chi connectivity index (χ4v) is 8.93. The van der Waals surface area contributed by atoms with Gasteiger partial charge in [-0.25, -0.2) is 22.3 Å². The molecule has 3 rings (SSSR count). The average Bonchev–Trinajstić information content (AvgIpc) is 2.66. The number of rotatable bonds is 5. The number of benzene rings is 2. The van der Waals surface area contributed by atoms with Crippen LogP contribution in [0.2, 0.25) is 0 Å². The average molecular weight is 425 g/mol. The molecule has 0 aliphatic carbocycles. The quantitative estimate of drug-likeness (QED) is 0.552. The monoisotopic (exact) mass is 425 g/mol. The molecule has 0 radical (unpaired) electrons. The van der Waals surface area contributed by atoms with Crippen LogP contribution in [0.15, 0.2) is 54.6 Å². The summed E-state index contributed by atoms with van der Waals surface area (Å²) in [6.45, 7) is 0. The Hall–Kier alpha value is -2.43. The van der Waals surface area contributed by atoms with E-state index in [1.165, 1.54) is 29.7 Å². The summed E-state index contributed by atoms with van der Waals surface area (Å²) in [5.41, 5.74) is 1.27. The molecule has 2 N–H and O–H groups in total. The SMILES string of the molecule is O=C(CC1(c2ccc(Oc3ccccc3)cc2)S(=O)(=O)CCCS1(=O)=O)NO. The first-order chi connectivity index (χ1) is 13.2. The molecule has 2 aromatic carbocycles. The topological polar surface area (TPSA) is 127 Å². The Morgan fingerprint density at radius 3 is 2.00 bits per heavy atom. The molecule has 0 atom stereocenters. The second-order valence-corrected chi connectivity index (χ2v) is 11.3. The summed E-state index contributed by atoms with van der Waals surface area (Å²) < 4.78 is 54.7. The lowest BCUT2D eigenvalue weighted by atomic mass is 10.1. The molecule has 28 heavy (non-hydrogen) atoms. The maximum absolute atomic E-state index is 12.9. The van der Waals surface area contributed by atoms with E-state index in [1.807, 2.05) is 6.07 Å². The van der Waals surface area contributed by atoms with Crippen LogP contribution in [0.25, 0.3) is 0 Å². The number of ether oxygens (including phenoxy) is 1. The number of carbonyl (C=O) groups excluding carboxylic acids is 1. The van der Waals surface area contributed by atoms with Crippen LogP contribution in [-0.4, -0.2) is 39.5 Å². The summed E-state index contributed by atoms with van der Waals surface area (Å²) in [5, 5.41) is 8.87. The largest absolute Gasteiger partial charge is 0.457 e. The number of hydrogen-bond acceptors (Lipinski definition) is 7. The third-order valence-corrected chi connectivity index (χ3v) is 10.6. The van der Waals surface area contributed by atoms with Gasteiger partial charge in [0.05, 0.1) is 17.9 Å². The summed E-state index contributed by atoms with van der Waals surface area (Å²) in [4.78, 5) is 11.8. The molecular weight excluding hydrogens is 406 g/mol. The fourth-order valence-electron chi connectivity index (χ4n) is 3.30. The van der Waals surface area contributed by atoms with Crippen LogP contribution in [0.1, 0.15) is 18.4 Å². The molecule has 8 nitrogen and oxygen atoms in total. The molecule has 1 aliphatic rings. The molecule has 1 fully saturated rings. The summed E-state index contributed by atoms with van der Waals surface area (Å²) >= 11 is 0. The minimum atomic E-state index is -4.22. The van der Waals surface area contributed by atoms with Crippen LogP contribution in [0.3, 0.4) is 0 Å². The van der Waals surface area contributed by atoms with Gasteiger partial charge in [0.25, 0.3) is 0 Å². The standard InChI is InChI=1S/C18H19NO7S2/c20-17(19-21)13-18(27(22,23)11-4-12-28(18,24)25)14-7-9-16(10-8-14)26-15-5-2-1-3-6-15/h1-3,5-10,21H,4,11-13H2,(H,19,20). The Morgan fingerprint density at radius 1 is 0.929 bits per heavy atom. The lowest BCUT2D eigenvalue weighted by molar-refractivity contribution is -0.129. The van der Waals surface area contributed by atoms with Crippen molar-refractivity contribution in [2.75, 3.05) is 11.5 Å². The lowest BCUT2D eigenvalue weighted by Crippen LogP contribution is -2.52. The summed E-state index contributed by atoms with van der Waals surface area (Å²) in [6, 6.07) is 14.4. The first kappa shape index (κ1) is 20.3. The normalized spacial score (nSPS) is 19.5. The molecule has 1 amide bonds. The van der Waals surface area contributed by atoms with Gasteiger partial charge in [-0.15, -0.1) is 0 Å². The van der Waals surface area contributed by atoms with Crippen molar-refractivity contribution < 1.29 is 31.6 Å². The Labute approximate surface area is 162 Å². The minimum Gasteiger partial charge on any atom is -0.457 e. The van der Waals surface area contributed by atoms with E-state index in [-0.39, 0.29) is 23.5 Å². The summed E-state index contributed by atoms with van der Waals surface area (Å²) in [5.74, 6) is -0.899. The maximum Gasteiger partial charge on any atom is 0.246 e. The molecule has 1 aliphatic heterocycles. The Balaban J connectivity index is 2.07. The minimum absolute atomic E-state index is 0.0393. The van der Waals surface area contributed by atoms with Gasteiger partial charge < -0.3 is 4.74 Å². The van der Waals surface area contributed by atoms with E-state index in [9.17, 15) is 21.6 Å². The Kier molecular flexibility index (Phi) is 5.46. The second kappa shape index (κ2) is 7.53. The van der Waals surface area contributed by atoms with Crippen molar-refractivity contribution >= 4 is 25.6 Å². The van der Waals surface area contributed by atoms with Crippen molar-refractivity contribution in [3.63, 3.8) is 0 Å². The fraction of sp³-hybridized carbons (Fsp3) is 0.278. The van der Waals surface area contributed by atoms with Crippen LogP contribution >= 0.6 is 0 Å². The number of hydrogen-bond donors (Lipinski definition) is 2. The van der Waals surface area contributed by atoms with Crippen LogP contribution < -0.4 is 10.2 Å². The molecule has 2 aromatic rings. The van der Waals surface area contributed by atoms with E-state index in [4.69, 9.17) is 9.94 Å². The van der Waals surface area contributed by atoms with E-state index in [0.29, 0.717) is 11.5 Å². The van der Waals surface area contributed by atoms with Crippen molar-refractivity contribution in [1.82, 2.24) is 5.48 Å². The zero-order valence-electron chi connectivity index (χ0n) is 14.7. The number of hydroxylamine groups is 1.